The third kappa shape index (κ3) is 2.94. The van der Waals surface area contributed by atoms with E-state index in [1.54, 1.807) is 12.4 Å². The van der Waals surface area contributed by atoms with Gasteiger partial charge in [0.05, 0.1) is 6.33 Å². The first kappa shape index (κ1) is 14.3. The van der Waals surface area contributed by atoms with E-state index in [0.29, 0.717) is 11.7 Å². The van der Waals surface area contributed by atoms with Gasteiger partial charge in [0.15, 0.2) is 11.3 Å². The van der Waals surface area contributed by atoms with Crippen LogP contribution in [0.1, 0.15) is 24.4 Å². The molecule has 118 valence electrons. The summed E-state index contributed by atoms with van der Waals surface area (Å²) in [6.07, 6.45) is 7.35. The second-order valence-electron chi connectivity index (χ2n) is 5.99. The average Bonchev–Trinajstić information content (AvgIpc) is 3.02. The van der Waals surface area contributed by atoms with Crippen LogP contribution in [-0.2, 0) is 6.54 Å². The normalized spacial score (nSPS) is 16.9. The Hall–Kier alpha value is -2.34. The zero-order valence-electron chi connectivity index (χ0n) is 12.8. The number of halogens is 1. The van der Waals surface area contributed by atoms with Gasteiger partial charge in [-0.2, -0.15) is 0 Å². The second-order valence-corrected chi connectivity index (χ2v) is 5.99. The maximum absolute atomic E-state index is 13.0. The molecule has 0 spiro atoms. The molecule has 0 N–H and O–H groups in total. The van der Waals surface area contributed by atoms with Crippen molar-refractivity contribution in [2.24, 2.45) is 0 Å². The highest BCUT2D eigenvalue weighted by Gasteiger charge is 2.22. The van der Waals surface area contributed by atoms with Crippen molar-refractivity contribution in [2.45, 2.75) is 25.4 Å². The molecule has 1 aliphatic rings. The molecule has 23 heavy (non-hydrogen) atoms. The summed E-state index contributed by atoms with van der Waals surface area (Å²) >= 11 is 0. The zero-order valence-corrected chi connectivity index (χ0v) is 12.8. The van der Waals surface area contributed by atoms with Crippen molar-refractivity contribution in [1.82, 2.24) is 24.4 Å². The van der Waals surface area contributed by atoms with Gasteiger partial charge >= 0.3 is 0 Å². The molecule has 0 amide bonds. The molecule has 3 heterocycles. The van der Waals surface area contributed by atoms with Crippen molar-refractivity contribution in [3.63, 3.8) is 0 Å². The molecule has 4 rings (SSSR count). The first-order chi connectivity index (χ1) is 11.3. The lowest BCUT2D eigenvalue weighted by molar-refractivity contribution is 0.181. The largest absolute Gasteiger partial charge is 0.311 e. The van der Waals surface area contributed by atoms with E-state index in [4.69, 9.17) is 0 Å². The number of likely N-dealkylation sites (tertiary alicyclic amines) is 1. The predicted octanol–water partition coefficient (Wildman–Crippen LogP) is 2.80. The summed E-state index contributed by atoms with van der Waals surface area (Å²) in [5.41, 5.74) is 2.73. The molecule has 0 saturated carbocycles. The smallest absolute Gasteiger partial charge is 0.197 e. The fraction of sp³-hybridized carbons (Fsp3) is 0.353. The predicted molar refractivity (Wildman–Crippen MR) is 85.3 cm³/mol. The number of nitrogens with zero attached hydrogens (tertiary/aromatic N) is 5. The molecular formula is C17H18FN5. The molecule has 6 heteroatoms. The van der Waals surface area contributed by atoms with Gasteiger partial charge in [-0.3, -0.25) is 4.90 Å². The summed E-state index contributed by atoms with van der Waals surface area (Å²) in [4.78, 5) is 15.4. The van der Waals surface area contributed by atoms with Gasteiger partial charge in [0.1, 0.15) is 5.82 Å². The molecule has 1 saturated heterocycles. The fourth-order valence-electron chi connectivity index (χ4n) is 3.24. The van der Waals surface area contributed by atoms with Crippen molar-refractivity contribution >= 4 is 11.3 Å². The van der Waals surface area contributed by atoms with Gasteiger partial charge in [-0.05, 0) is 30.5 Å². The molecule has 0 unspecified atom stereocenters. The Morgan fingerprint density at radius 3 is 2.52 bits per heavy atom. The van der Waals surface area contributed by atoms with E-state index in [0.717, 1.165) is 43.7 Å². The first-order valence-electron chi connectivity index (χ1n) is 7.90. The number of hydrogen-bond donors (Lipinski definition) is 0. The van der Waals surface area contributed by atoms with Crippen molar-refractivity contribution in [2.75, 3.05) is 13.1 Å². The summed E-state index contributed by atoms with van der Waals surface area (Å²) in [5.74, 6) is -0.180. The van der Waals surface area contributed by atoms with Crippen LogP contribution in [0.15, 0.2) is 43.0 Å². The van der Waals surface area contributed by atoms with Gasteiger partial charge < -0.3 is 4.57 Å². The summed E-state index contributed by atoms with van der Waals surface area (Å²) in [7, 11) is 0. The minimum Gasteiger partial charge on any atom is -0.311 e. The Labute approximate surface area is 133 Å². The molecule has 0 radical (unpaired) electrons. The minimum absolute atomic E-state index is 0.180. The minimum atomic E-state index is -0.180. The quantitative estimate of drug-likeness (QED) is 0.746. The van der Waals surface area contributed by atoms with Crippen LogP contribution in [0, 0.1) is 5.82 Å². The zero-order chi connectivity index (χ0) is 15.6. The highest BCUT2D eigenvalue weighted by Crippen LogP contribution is 2.25. The number of rotatable bonds is 3. The Balaban J connectivity index is 1.42. The molecule has 0 aliphatic carbocycles. The first-order valence-corrected chi connectivity index (χ1v) is 7.90. The van der Waals surface area contributed by atoms with Crippen molar-refractivity contribution in [3.8, 4) is 0 Å². The van der Waals surface area contributed by atoms with Crippen molar-refractivity contribution in [1.29, 1.82) is 0 Å². The van der Waals surface area contributed by atoms with E-state index in [1.165, 1.54) is 12.1 Å². The Morgan fingerprint density at radius 1 is 1.00 bits per heavy atom. The number of hydrogen-bond acceptors (Lipinski definition) is 4. The van der Waals surface area contributed by atoms with E-state index in [9.17, 15) is 4.39 Å². The molecule has 0 atom stereocenters. The number of fused-ring (bicyclic) bond motifs is 1. The van der Waals surface area contributed by atoms with Gasteiger partial charge in [-0.1, -0.05) is 12.1 Å². The standard InChI is InChI=1S/C17H18FN5/c18-14-3-1-13(2-4-14)11-22-9-5-15(6-10-22)23-12-21-16-17(23)20-8-7-19-16/h1-4,7-8,12,15H,5-6,9-11H2. The summed E-state index contributed by atoms with van der Waals surface area (Å²) in [6.45, 7) is 2.90. The maximum Gasteiger partial charge on any atom is 0.197 e. The fourth-order valence-corrected chi connectivity index (χ4v) is 3.24. The Morgan fingerprint density at radius 2 is 1.74 bits per heavy atom. The van der Waals surface area contributed by atoms with Crippen molar-refractivity contribution in [3.05, 3.63) is 54.4 Å². The van der Waals surface area contributed by atoms with E-state index in [2.05, 4.69) is 24.4 Å². The van der Waals surface area contributed by atoms with Crippen LogP contribution in [0.3, 0.4) is 0 Å². The Kier molecular flexibility index (Phi) is 3.75. The van der Waals surface area contributed by atoms with Gasteiger partial charge in [0.25, 0.3) is 0 Å². The van der Waals surface area contributed by atoms with Gasteiger partial charge in [0.2, 0.25) is 0 Å². The Bertz CT molecular complexity index is 790. The highest BCUT2D eigenvalue weighted by molar-refractivity contribution is 5.64. The van der Waals surface area contributed by atoms with Gasteiger partial charge in [0, 0.05) is 38.1 Å². The number of imidazole rings is 1. The topological polar surface area (TPSA) is 46.8 Å². The van der Waals surface area contributed by atoms with Crippen molar-refractivity contribution < 1.29 is 4.39 Å². The molecule has 0 bridgehead atoms. The molecule has 1 aromatic carbocycles. The molecule has 1 aliphatic heterocycles. The van der Waals surface area contributed by atoms with E-state index < -0.39 is 0 Å². The van der Waals surface area contributed by atoms with E-state index >= 15 is 0 Å². The average molecular weight is 311 g/mol. The number of benzene rings is 1. The monoisotopic (exact) mass is 311 g/mol. The van der Waals surface area contributed by atoms with Crippen LogP contribution >= 0.6 is 0 Å². The number of aromatic nitrogens is 4. The van der Waals surface area contributed by atoms with Crippen LogP contribution in [-0.4, -0.2) is 37.5 Å². The lowest BCUT2D eigenvalue weighted by Crippen LogP contribution is -2.34. The SMILES string of the molecule is Fc1ccc(CN2CCC(n3cnc4nccnc43)CC2)cc1. The van der Waals surface area contributed by atoms with E-state index in [1.807, 2.05) is 18.5 Å². The molecule has 3 aromatic rings. The molecule has 5 nitrogen and oxygen atoms in total. The van der Waals surface area contributed by atoms with Crippen LogP contribution in [0.4, 0.5) is 4.39 Å². The van der Waals surface area contributed by atoms with Crippen LogP contribution < -0.4 is 0 Å². The third-order valence-electron chi connectivity index (χ3n) is 4.48. The third-order valence-corrected chi connectivity index (χ3v) is 4.48. The second kappa shape index (κ2) is 6.04. The van der Waals surface area contributed by atoms with Gasteiger partial charge in [-0.15, -0.1) is 0 Å². The maximum atomic E-state index is 13.0. The number of piperidine rings is 1. The molecule has 1 fully saturated rings. The molecule has 2 aromatic heterocycles. The highest BCUT2D eigenvalue weighted by atomic mass is 19.1. The molecular weight excluding hydrogens is 293 g/mol. The lowest BCUT2D eigenvalue weighted by Gasteiger charge is -2.32. The van der Waals surface area contributed by atoms with Gasteiger partial charge in [-0.25, -0.2) is 19.3 Å². The summed E-state index contributed by atoms with van der Waals surface area (Å²) in [6, 6.07) is 7.19. The van der Waals surface area contributed by atoms with Crippen LogP contribution in [0.2, 0.25) is 0 Å². The van der Waals surface area contributed by atoms with Crippen LogP contribution in [0.5, 0.6) is 0 Å². The van der Waals surface area contributed by atoms with Crippen LogP contribution in [0.25, 0.3) is 11.3 Å². The lowest BCUT2D eigenvalue weighted by atomic mass is 10.0. The summed E-state index contributed by atoms with van der Waals surface area (Å²) < 4.78 is 15.1. The van der Waals surface area contributed by atoms with E-state index in [-0.39, 0.29) is 5.82 Å². The summed E-state index contributed by atoms with van der Waals surface area (Å²) in [5, 5.41) is 0.